The van der Waals surface area contributed by atoms with Crippen LogP contribution < -0.4 is 11.3 Å². The van der Waals surface area contributed by atoms with Crippen molar-refractivity contribution in [3.8, 4) is 0 Å². The Morgan fingerprint density at radius 1 is 1.40 bits per heavy atom. The van der Waals surface area contributed by atoms with Gasteiger partial charge in [-0.25, -0.2) is 14.3 Å². The Morgan fingerprint density at radius 3 is 2.47 bits per heavy atom. The Morgan fingerprint density at radius 2 is 2.00 bits per heavy atom. The number of hydrogen-bond acceptors (Lipinski definition) is 5. The van der Waals surface area contributed by atoms with Crippen LogP contribution in [0.25, 0.3) is 0 Å². The smallest absolute Gasteiger partial charge is 0.233 e. The first kappa shape index (κ1) is 14.3. The van der Waals surface area contributed by atoms with Crippen LogP contribution in [0.4, 0.5) is 0 Å². The zero-order valence-electron chi connectivity index (χ0n) is 9.19. The zero-order valence-corrected chi connectivity index (χ0v) is 10.0. The van der Waals surface area contributed by atoms with Gasteiger partial charge in [0.2, 0.25) is 5.91 Å². The molecule has 0 aromatic carbocycles. The van der Waals surface area contributed by atoms with Crippen molar-refractivity contribution < 1.29 is 13.2 Å². The minimum atomic E-state index is -2.91. The lowest BCUT2D eigenvalue weighted by Crippen LogP contribution is -2.31. The van der Waals surface area contributed by atoms with Crippen LogP contribution in [-0.2, 0) is 14.6 Å². The minimum Gasteiger partial charge on any atom is -0.305 e. The number of hydrazine groups is 1. The van der Waals surface area contributed by atoms with Gasteiger partial charge in [0.1, 0.15) is 9.84 Å². The van der Waals surface area contributed by atoms with E-state index in [-0.39, 0.29) is 11.7 Å². The maximum Gasteiger partial charge on any atom is 0.233 e. The molecule has 0 aliphatic rings. The summed E-state index contributed by atoms with van der Waals surface area (Å²) in [7, 11) is -1.08. The summed E-state index contributed by atoms with van der Waals surface area (Å²) >= 11 is 0. The number of rotatable bonds is 7. The van der Waals surface area contributed by atoms with Crippen molar-refractivity contribution in [1.82, 2.24) is 10.3 Å². The van der Waals surface area contributed by atoms with Crippen molar-refractivity contribution in [3.63, 3.8) is 0 Å². The van der Waals surface area contributed by atoms with Gasteiger partial charge in [-0.05, 0) is 20.0 Å². The number of sulfone groups is 1. The molecule has 0 atom stereocenters. The van der Waals surface area contributed by atoms with E-state index in [1.807, 2.05) is 17.4 Å². The van der Waals surface area contributed by atoms with Gasteiger partial charge >= 0.3 is 0 Å². The Kier molecular flexibility index (Phi) is 6.46. The highest BCUT2D eigenvalue weighted by Gasteiger charge is 2.06. The van der Waals surface area contributed by atoms with Crippen LogP contribution in [0.2, 0.25) is 0 Å². The molecule has 0 spiro atoms. The highest BCUT2D eigenvalue weighted by molar-refractivity contribution is 7.90. The highest BCUT2D eigenvalue weighted by atomic mass is 32.2. The number of nitrogens with one attached hydrogen (secondary N) is 1. The first-order valence-corrected chi connectivity index (χ1v) is 6.77. The predicted molar refractivity (Wildman–Crippen MR) is 58.8 cm³/mol. The van der Waals surface area contributed by atoms with E-state index in [1.165, 1.54) is 6.26 Å². The number of nitrogens with zero attached hydrogens (tertiary/aromatic N) is 1. The van der Waals surface area contributed by atoms with Crippen molar-refractivity contribution in [2.45, 2.75) is 12.8 Å². The monoisotopic (exact) mass is 237 g/mol. The summed E-state index contributed by atoms with van der Waals surface area (Å²) in [5, 5.41) is 0. The van der Waals surface area contributed by atoms with Crippen LogP contribution >= 0.6 is 0 Å². The molecule has 0 aliphatic carbocycles. The summed E-state index contributed by atoms with van der Waals surface area (Å²) < 4.78 is 21.7. The average Bonchev–Trinajstić information content (AvgIpc) is 2.13. The summed E-state index contributed by atoms with van der Waals surface area (Å²) in [4.78, 5) is 12.6. The molecule has 0 saturated heterocycles. The van der Waals surface area contributed by atoms with Crippen LogP contribution in [0.1, 0.15) is 12.8 Å². The molecule has 1 amide bonds. The van der Waals surface area contributed by atoms with Crippen LogP contribution in [-0.4, -0.2) is 51.4 Å². The van der Waals surface area contributed by atoms with Crippen LogP contribution in [0, 0.1) is 0 Å². The third kappa shape index (κ3) is 9.64. The lowest BCUT2D eigenvalue weighted by Gasteiger charge is -2.15. The number of carbonyl (C=O) groups excluding carboxylic acids is 1. The summed E-state index contributed by atoms with van der Waals surface area (Å²) in [6, 6.07) is 0. The van der Waals surface area contributed by atoms with Gasteiger partial charge < -0.3 is 4.90 Å². The molecule has 0 fully saturated rings. The molecule has 6 nitrogen and oxygen atoms in total. The number of nitrogens with two attached hydrogens (primary N) is 1. The van der Waals surface area contributed by atoms with Gasteiger partial charge in [0.25, 0.3) is 0 Å². The fourth-order valence-corrected chi connectivity index (χ4v) is 1.66. The van der Waals surface area contributed by atoms with Gasteiger partial charge in [-0.1, -0.05) is 0 Å². The molecule has 15 heavy (non-hydrogen) atoms. The lowest BCUT2D eigenvalue weighted by molar-refractivity contribution is -0.121. The van der Waals surface area contributed by atoms with Crippen molar-refractivity contribution in [3.05, 3.63) is 0 Å². The quantitative estimate of drug-likeness (QED) is 0.327. The molecule has 0 saturated carbocycles. The van der Waals surface area contributed by atoms with Crippen molar-refractivity contribution in [1.29, 1.82) is 0 Å². The normalized spacial score (nSPS) is 11.7. The number of hydrogen-bond donors (Lipinski definition) is 2. The maximum atomic E-state index is 10.9. The first-order valence-electron chi connectivity index (χ1n) is 4.71. The minimum absolute atomic E-state index is 0.145. The second-order valence-corrected chi connectivity index (χ2v) is 5.86. The van der Waals surface area contributed by atoms with Gasteiger partial charge in [-0.2, -0.15) is 0 Å². The Hall–Kier alpha value is -0.660. The third-order valence-electron chi connectivity index (χ3n) is 1.95. The maximum absolute atomic E-state index is 10.9. The van der Waals surface area contributed by atoms with Crippen molar-refractivity contribution in [2.75, 3.05) is 32.1 Å². The number of carbonyl (C=O) groups is 1. The molecule has 0 unspecified atom stereocenters. The van der Waals surface area contributed by atoms with E-state index < -0.39 is 9.84 Å². The molecule has 7 heteroatoms. The van der Waals surface area contributed by atoms with E-state index in [0.717, 1.165) is 0 Å². The summed E-state index contributed by atoms with van der Waals surface area (Å²) in [5.41, 5.74) is 2.04. The topological polar surface area (TPSA) is 92.5 Å². The van der Waals surface area contributed by atoms with Crippen LogP contribution in [0.3, 0.4) is 0 Å². The molecule has 0 aromatic heterocycles. The Balaban J connectivity index is 3.58. The van der Waals surface area contributed by atoms with Crippen LogP contribution in [0.15, 0.2) is 0 Å². The Labute approximate surface area is 90.7 Å². The molecule has 3 N–H and O–H groups in total. The first-order chi connectivity index (χ1) is 6.85. The fraction of sp³-hybridized carbons (Fsp3) is 0.875. The van der Waals surface area contributed by atoms with Crippen LogP contribution in [0.5, 0.6) is 0 Å². The second kappa shape index (κ2) is 6.76. The van der Waals surface area contributed by atoms with E-state index in [2.05, 4.69) is 0 Å². The van der Waals surface area contributed by atoms with E-state index in [4.69, 9.17) is 5.84 Å². The molecular weight excluding hydrogens is 218 g/mol. The van der Waals surface area contributed by atoms with Gasteiger partial charge in [0, 0.05) is 19.2 Å². The van der Waals surface area contributed by atoms with Gasteiger partial charge in [-0.15, -0.1) is 0 Å². The molecule has 0 aromatic rings. The van der Waals surface area contributed by atoms with E-state index in [0.29, 0.717) is 25.9 Å². The van der Waals surface area contributed by atoms with E-state index in [1.54, 1.807) is 0 Å². The Bertz CT molecular complexity index is 290. The lowest BCUT2D eigenvalue weighted by atomic mass is 10.3. The average molecular weight is 237 g/mol. The standard InChI is InChI=1S/C8H19N3O3S/c1-11(6-7-15(2,13)14)5-3-4-8(12)10-9/h3-7,9H2,1-2H3,(H,10,12). The zero-order chi connectivity index (χ0) is 11.9. The molecule has 0 bridgehead atoms. The molecule has 0 rings (SSSR count). The molecule has 90 valence electrons. The largest absolute Gasteiger partial charge is 0.305 e. The van der Waals surface area contributed by atoms with Gasteiger partial charge in [0.05, 0.1) is 5.75 Å². The van der Waals surface area contributed by atoms with E-state index >= 15 is 0 Å². The van der Waals surface area contributed by atoms with E-state index in [9.17, 15) is 13.2 Å². The number of amides is 1. The molecule has 0 radical (unpaired) electrons. The summed E-state index contributed by atoms with van der Waals surface area (Å²) in [5.74, 6) is 4.86. The molecular formula is C8H19N3O3S. The highest BCUT2D eigenvalue weighted by Crippen LogP contribution is 1.94. The van der Waals surface area contributed by atoms with Crippen molar-refractivity contribution >= 4 is 15.7 Å². The SMILES string of the molecule is CN(CCCC(=O)NN)CCS(C)(=O)=O. The third-order valence-corrected chi connectivity index (χ3v) is 2.87. The van der Waals surface area contributed by atoms with Gasteiger partial charge in [0.15, 0.2) is 0 Å². The fourth-order valence-electron chi connectivity index (χ4n) is 1.02. The molecule has 0 aliphatic heterocycles. The summed E-state index contributed by atoms with van der Waals surface area (Å²) in [6.45, 7) is 1.17. The predicted octanol–water partition coefficient (Wildman–Crippen LogP) is -1.27. The van der Waals surface area contributed by atoms with Gasteiger partial charge in [-0.3, -0.25) is 10.2 Å². The second-order valence-electron chi connectivity index (χ2n) is 3.60. The summed E-state index contributed by atoms with van der Waals surface area (Å²) in [6.07, 6.45) is 2.24. The van der Waals surface area contributed by atoms with Crippen molar-refractivity contribution in [2.24, 2.45) is 5.84 Å². The molecule has 0 heterocycles.